The predicted molar refractivity (Wildman–Crippen MR) is 98.9 cm³/mol. The fraction of sp³-hybridized carbons (Fsp3) is 0.474. The van der Waals surface area contributed by atoms with E-state index in [1.165, 1.54) is 24.7 Å². The highest BCUT2D eigenvalue weighted by Crippen LogP contribution is 2.38. The minimum Gasteiger partial charge on any atom is -0.502 e. The third-order valence-corrected chi connectivity index (χ3v) is 6.00. The van der Waals surface area contributed by atoms with Gasteiger partial charge in [0.25, 0.3) is 0 Å². The Kier molecular flexibility index (Phi) is 5.51. The van der Waals surface area contributed by atoms with Crippen LogP contribution in [-0.4, -0.2) is 48.5 Å². The van der Waals surface area contributed by atoms with Gasteiger partial charge in [-0.15, -0.1) is 11.3 Å². The first-order chi connectivity index (χ1) is 12.0. The molecule has 1 aromatic carbocycles. The van der Waals surface area contributed by atoms with Gasteiger partial charge in [0, 0.05) is 23.9 Å². The molecule has 2 aromatic rings. The number of rotatable bonds is 5. The van der Waals surface area contributed by atoms with E-state index in [4.69, 9.17) is 9.47 Å². The van der Waals surface area contributed by atoms with Crippen molar-refractivity contribution in [2.45, 2.75) is 31.9 Å². The highest BCUT2D eigenvalue weighted by molar-refractivity contribution is 7.10. The van der Waals surface area contributed by atoms with Crippen molar-refractivity contribution in [2.24, 2.45) is 0 Å². The summed E-state index contributed by atoms with van der Waals surface area (Å²) in [6, 6.07) is 5.76. The van der Waals surface area contributed by atoms with Crippen LogP contribution in [0.1, 0.15) is 28.3 Å². The maximum Gasteiger partial charge on any atom is 0.200 e. The monoisotopic (exact) mass is 363 g/mol. The van der Waals surface area contributed by atoms with E-state index in [9.17, 15) is 10.2 Å². The first-order valence-electron chi connectivity index (χ1n) is 8.41. The molecule has 1 aromatic heterocycles. The zero-order valence-corrected chi connectivity index (χ0v) is 15.7. The van der Waals surface area contributed by atoms with Gasteiger partial charge in [-0.1, -0.05) is 0 Å². The fourth-order valence-electron chi connectivity index (χ4n) is 3.51. The Labute approximate surface area is 152 Å². The Bertz CT molecular complexity index is 705. The van der Waals surface area contributed by atoms with E-state index in [1.807, 2.05) is 12.1 Å². The van der Waals surface area contributed by atoms with Crippen LogP contribution in [0.25, 0.3) is 0 Å². The number of phenolic OH excluding ortho intramolecular Hbond substituents is 1. The SMILES string of the molecule is COc1cc(CN2CC[C@@H](c3sccc3C)[C@H](O)C2)cc(OC)c1O. The molecule has 1 aliphatic heterocycles. The van der Waals surface area contributed by atoms with Gasteiger partial charge in [-0.2, -0.15) is 0 Å². The number of nitrogens with zero attached hydrogens (tertiary/aromatic N) is 1. The van der Waals surface area contributed by atoms with Crippen molar-refractivity contribution in [1.82, 2.24) is 4.90 Å². The normalized spacial score (nSPS) is 21.3. The Balaban J connectivity index is 1.70. The smallest absolute Gasteiger partial charge is 0.200 e. The molecule has 2 atom stereocenters. The third kappa shape index (κ3) is 3.76. The number of methoxy groups -OCH3 is 2. The highest BCUT2D eigenvalue weighted by Gasteiger charge is 2.30. The zero-order chi connectivity index (χ0) is 18.0. The number of hydrogen-bond donors (Lipinski definition) is 2. The predicted octanol–water partition coefficient (Wildman–Crippen LogP) is 3.13. The average molecular weight is 363 g/mol. The minimum absolute atomic E-state index is 0.0145. The Morgan fingerprint density at radius 2 is 1.92 bits per heavy atom. The summed E-state index contributed by atoms with van der Waals surface area (Å²) in [6.07, 6.45) is 0.571. The van der Waals surface area contributed by atoms with Crippen LogP contribution < -0.4 is 9.47 Å². The summed E-state index contributed by atoms with van der Waals surface area (Å²) in [5.74, 6) is 1.04. The lowest BCUT2D eigenvalue weighted by atomic mass is 9.90. The van der Waals surface area contributed by atoms with E-state index in [0.29, 0.717) is 24.6 Å². The van der Waals surface area contributed by atoms with Crippen LogP contribution in [0.15, 0.2) is 23.6 Å². The number of benzene rings is 1. The molecule has 0 bridgehead atoms. The van der Waals surface area contributed by atoms with Gasteiger partial charge in [-0.05, 0) is 54.6 Å². The van der Waals surface area contributed by atoms with Crippen LogP contribution in [0.5, 0.6) is 17.2 Å². The minimum atomic E-state index is -0.369. The molecular weight excluding hydrogens is 338 g/mol. The Morgan fingerprint density at radius 1 is 1.24 bits per heavy atom. The van der Waals surface area contributed by atoms with E-state index >= 15 is 0 Å². The summed E-state index contributed by atoms with van der Waals surface area (Å²) in [6.45, 7) is 4.35. The summed E-state index contributed by atoms with van der Waals surface area (Å²) in [5, 5.41) is 22.8. The average Bonchev–Trinajstić information content (AvgIpc) is 3.02. The number of aromatic hydroxyl groups is 1. The van der Waals surface area contributed by atoms with Crippen LogP contribution in [-0.2, 0) is 6.54 Å². The van der Waals surface area contributed by atoms with Gasteiger partial charge in [0.15, 0.2) is 11.5 Å². The molecule has 0 radical (unpaired) electrons. The maximum atomic E-state index is 10.6. The molecule has 5 nitrogen and oxygen atoms in total. The number of β-amino-alcohol motifs (C(OH)–C–C–N with tert-alkyl or cyclic N) is 1. The van der Waals surface area contributed by atoms with Crippen molar-refractivity contribution in [3.63, 3.8) is 0 Å². The Hall–Kier alpha value is -1.76. The molecule has 3 rings (SSSR count). The van der Waals surface area contributed by atoms with Crippen molar-refractivity contribution >= 4 is 11.3 Å². The van der Waals surface area contributed by atoms with Crippen molar-refractivity contribution in [1.29, 1.82) is 0 Å². The highest BCUT2D eigenvalue weighted by atomic mass is 32.1. The number of aryl methyl sites for hydroxylation is 1. The van der Waals surface area contributed by atoms with Gasteiger partial charge < -0.3 is 19.7 Å². The third-order valence-electron chi connectivity index (χ3n) is 4.85. The number of piperidine rings is 1. The molecule has 1 saturated heterocycles. The lowest BCUT2D eigenvalue weighted by Gasteiger charge is -2.36. The van der Waals surface area contributed by atoms with Crippen molar-refractivity contribution < 1.29 is 19.7 Å². The zero-order valence-electron chi connectivity index (χ0n) is 14.9. The molecule has 1 fully saturated rings. The summed E-state index contributed by atoms with van der Waals surface area (Å²) in [5.41, 5.74) is 2.26. The molecule has 25 heavy (non-hydrogen) atoms. The second kappa shape index (κ2) is 7.64. The second-order valence-electron chi connectivity index (χ2n) is 6.51. The van der Waals surface area contributed by atoms with E-state index in [0.717, 1.165) is 18.5 Å². The summed E-state index contributed by atoms with van der Waals surface area (Å²) < 4.78 is 10.4. The maximum absolute atomic E-state index is 10.6. The van der Waals surface area contributed by atoms with Crippen molar-refractivity contribution in [2.75, 3.05) is 27.3 Å². The summed E-state index contributed by atoms with van der Waals surface area (Å²) >= 11 is 1.74. The van der Waals surface area contributed by atoms with E-state index in [1.54, 1.807) is 11.3 Å². The summed E-state index contributed by atoms with van der Waals surface area (Å²) in [4.78, 5) is 3.54. The summed E-state index contributed by atoms with van der Waals surface area (Å²) in [7, 11) is 3.05. The Morgan fingerprint density at radius 3 is 2.44 bits per heavy atom. The lowest BCUT2D eigenvalue weighted by Crippen LogP contribution is -2.42. The number of aliphatic hydroxyl groups excluding tert-OH is 1. The van der Waals surface area contributed by atoms with Crippen LogP contribution in [0, 0.1) is 6.92 Å². The largest absolute Gasteiger partial charge is 0.502 e. The fourth-order valence-corrected chi connectivity index (χ4v) is 4.63. The van der Waals surface area contributed by atoms with E-state index in [2.05, 4.69) is 23.3 Å². The number of ether oxygens (including phenoxy) is 2. The molecule has 0 amide bonds. The molecular formula is C19H25NO4S. The van der Waals surface area contributed by atoms with Gasteiger partial charge in [0.2, 0.25) is 5.75 Å². The van der Waals surface area contributed by atoms with E-state index < -0.39 is 0 Å². The first-order valence-corrected chi connectivity index (χ1v) is 9.29. The lowest BCUT2D eigenvalue weighted by molar-refractivity contribution is 0.0485. The van der Waals surface area contributed by atoms with Gasteiger partial charge in [-0.3, -0.25) is 4.90 Å². The molecule has 2 heterocycles. The number of thiophene rings is 1. The van der Waals surface area contributed by atoms with Crippen molar-refractivity contribution in [3.05, 3.63) is 39.6 Å². The van der Waals surface area contributed by atoms with Gasteiger partial charge in [0.1, 0.15) is 0 Å². The number of hydrogen-bond acceptors (Lipinski definition) is 6. The molecule has 0 spiro atoms. The standard InChI is InChI=1S/C19H25NO4S/c1-12-5-7-25-19(12)14-4-6-20(11-15(14)21)10-13-8-16(23-2)18(22)17(9-13)24-3/h5,7-9,14-15,21-22H,4,6,10-11H2,1-3H3/t14-,15-/m1/s1. The quantitative estimate of drug-likeness (QED) is 0.855. The molecule has 6 heteroatoms. The number of likely N-dealkylation sites (tertiary alicyclic amines) is 1. The molecule has 0 unspecified atom stereocenters. The molecule has 0 aliphatic carbocycles. The number of aliphatic hydroxyl groups is 1. The van der Waals surface area contributed by atoms with Crippen LogP contribution in [0.2, 0.25) is 0 Å². The van der Waals surface area contributed by atoms with Crippen LogP contribution >= 0.6 is 11.3 Å². The van der Waals surface area contributed by atoms with E-state index in [-0.39, 0.29) is 17.8 Å². The van der Waals surface area contributed by atoms with Gasteiger partial charge >= 0.3 is 0 Å². The van der Waals surface area contributed by atoms with Gasteiger partial charge in [-0.25, -0.2) is 0 Å². The molecule has 0 saturated carbocycles. The second-order valence-corrected chi connectivity index (χ2v) is 7.46. The van der Waals surface area contributed by atoms with Crippen LogP contribution in [0.3, 0.4) is 0 Å². The number of phenols is 1. The first kappa shape index (κ1) is 18.0. The molecule has 136 valence electrons. The topological polar surface area (TPSA) is 62.2 Å². The van der Waals surface area contributed by atoms with Crippen molar-refractivity contribution in [3.8, 4) is 17.2 Å². The molecule has 2 N–H and O–H groups in total. The molecule has 1 aliphatic rings. The van der Waals surface area contributed by atoms with Gasteiger partial charge in [0.05, 0.1) is 20.3 Å². The van der Waals surface area contributed by atoms with Crippen LogP contribution in [0.4, 0.5) is 0 Å².